The van der Waals surface area contributed by atoms with Crippen molar-refractivity contribution in [1.29, 1.82) is 0 Å². The van der Waals surface area contributed by atoms with Crippen LogP contribution in [-0.2, 0) is 6.42 Å². The molecule has 0 aliphatic heterocycles. The summed E-state index contributed by atoms with van der Waals surface area (Å²) in [5.41, 5.74) is 7.56. The monoisotopic (exact) mass is 267 g/mol. The molecule has 0 heterocycles. The van der Waals surface area contributed by atoms with E-state index in [-0.39, 0.29) is 0 Å². The standard InChI is InChI=1S/C13H18BrN/c14-12-6-3-4-10(9-12)8-11-5-1-2-7-13(11)15/h3-4,6,9,11,13H,1-2,5,7-8,15H2. The Kier molecular flexibility index (Phi) is 3.81. The number of hydrogen-bond acceptors (Lipinski definition) is 1. The van der Waals surface area contributed by atoms with Crippen LogP contribution < -0.4 is 5.73 Å². The molecule has 1 aliphatic rings. The van der Waals surface area contributed by atoms with Crippen molar-refractivity contribution in [2.75, 3.05) is 0 Å². The van der Waals surface area contributed by atoms with Gasteiger partial charge >= 0.3 is 0 Å². The summed E-state index contributed by atoms with van der Waals surface area (Å²) in [6, 6.07) is 9.00. The van der Waals surface area contributed by atoms with Crippen LogP contribution in [-0.4, -0.2) is 6.04 Å². The van der Waals surface area contributed by atoms with E-state index in [0.29, 0.717) is 12.0 Å². The van der Waals surface area contributed by atoms with Gasteiger partial charge in [-0.25, -0.2) is 0 Å². The molecule has 2 heteroatoms. The molecule has 2 rings (SSSR count). The van der Waals surface area contributed by atoms with E-state index in [4.69, 9.17) is 5.73 Å². The van der Waals surface area contributed by atoms with E-state index in [9.17, 15) is 0 Å². The van der Waals surface area contributed by atoms with Crippen molar-refractivity contribution in [3.63, 3.8) is 0 Å². The second-order valence-electron chi connectivity index (χ2n) is 4.54. The van der Waals surface area contributed by atoms with Gasteiger partial charge in [-0.15, -0.1) is 0 Å². The zero-order valence-electron chi connectivity index (χ0n) is 8.95. The predicted molar refractivity (Wildman–Crippen MR) is 67.8 cm³/mol. The summed E-state index contributed by atoms with van der Waals surface area (Å²) in [7, 11) is 0. The van der Waals surface area contributed by atoms with Crippen LogP contribution in [0.15, 0.2) is 28.7 Å². The molecule has 1 fully saturated rings. The van der Waals surface area contributed by atoms with Crippen LogP contribution in [0.5, 0.6) is 0 Å². The van der Waals surface area contributed by atoms with Gasteiger partial charge in [0.15, 0.2) is 0 Å². The van der Waals surface area contributed by atoms with Gasteiger partial charge < -0.3 is 5.73 Å². The Hall–Kier alpha value is -0.340. The fourth-order valence-corrected chi connectivity index (χ4v) is 2.90. The highest BCUT2D eigenvalue weighted by Gasteiger charge is 2.21. The fraction of sp³-hybridized carbons (Fsp3) is 0.538. The van der Waals surface area contributed by atoms with Crippen LogP contribution in [0.4, 0.5) is 0 Å². The summed E-state index contributed by atoms with van der Waals surface area (Å²) in [4.78, 5) is 0. The number of halogens is 1. The summed E-state index contributed by atoms with van der Waals surface area (Å²) in [5.74, 6) is 0.688. The Morgan fingerprint density at radius 3 is 2.80 bits per heavy atom. The first-order valence-corrected chi connectivity index (χ1v) is 6.55. The maximum atomic E-state index is 6.15. The molecule has 1 aromatic rings. The number of hydrogen-bond donors (Lipinski definition) is 1. The van der Waals surface area contributed by atoms with E-state index in [1.54, 1.807) is 0 Å². The van der Waals surface area contributed by atoms with Crippen molar-refractivity contribution in [3.8, 4) is 0 Å². The lowest BCUT2D eigenvalue weighted by Gasteiger charge is -2.28. The van der Waals surface area contributed by atoms with E-state index in [1.165, 1.54) is 35.7 Å². The second kappa shape index (κ2) is 5.13. The molecule has 0 bridgehead atoms. The zero-order chi connectivity index (χ0) is 10.7. The van der Waals surface area contributed by atoms with E-state index in [0.717, 1.165) is 6.42 Å². The summed E-state index contributed by atoms with van der Waals surface area (Å²) in [6.45, 7) is 0. The molecule has 1 aliphatic carbocycles. The second-order valence-corrected chi connectivity index (χ2v) is 5.46. The van der Waals surface area contributed by atoms with Gasteiger partial charge in [0.25, 0.3) is 0 Å². The smallest absolute Gasteiger partial charge is 0.0177 e. The van der Waals surface area contributed by atoms with E-state index in [1.807, 2.05) is 0 Å². The lowest BCUT2D eigenvalue weighted by Crippen LogP contribution is -2.34. The van der Waals surface area contributed by atoms with Crippen LogP contribution >= 0.6 is 15.9 Å². The normalized spacial score (nSPS) is 26.5. The van der Waals surface area contributed by atoms with Crippen molar-refractivity contribution in [2.45, 2.75) is 38.1 Å². The molecule has 2 N–H and O–H groups in total. The molecule has 0 saturated heterocycles. The third-order valence-corrected chi connectivity index (χ3v) is 3.85. The van der Waals surface area contributed by atoms with Crippen LogP contribution in [0, 0.1) is 5.92 Å². The Labute approximate surface area is 100 Å². The molecule has 15 heavy (non-hydrogen) atoms. The molecule has 0 amide bonds. The number of rotatable bonds is 2. The predicted octanol–water partition coefficient (Wildman–Crippen LogP) is 3.51. The summed E-state index contributed by atoms with van der Waals surface area (Å²) < 4.78 is 1.17. The van der Waals surface area contributed by atoms with Crippen molar-refractivity contribution < 1.29 is 0 Å². The molecular formula is C13H18BrN. The molecule has 1 nitrogen and oxygen atoms in total. The minimum absolute atomic E-state index is 0.415. The average molecular weight is 268 g/mol. The molecule has 2 atom stereocenters. The summed E-state index contributed by atoms with van der Waals surface area (Å²) in [6.07, 6.45) is 6.31. The topological polar surface area (TPSA) is 26.0 Å². The maximum absolute atomic E-state index is 6.15. The highest BCUT2D eigenvalue weighted by molar-refractivity contribution is 9.10. The first-order chi connectivity index (χ1) is 7.25. The van der Waals surface area contributed by atoms with Crippen molar-refractivity contribution in [3.05, 3.63) is 34.3 Å². The van der Waals surface area contributed by atoms with Crippen LogP contribution in [0.2, 0.25) is 0 Å². The minimum Gasteiger partial charge on any atom is -0.327 e. The largest absolute Gasteiger partial charge is 0.327 e. The first-order valence-electron chi connectivity index (χ1n) is 5.76. The maximum Gasteiger partial charge on any atom is 0.0177 e. The molecule has 0 aromatic heterocycles. The molecule has 0 spiro atoms. The zero-order valence-corrected chi connectivity index (χ0v) is 10.5. The van der Waals surface area contributed by atoms with Crippen LogP contribution in [0.1, 0.15) is 31.2 Å². The van der Waals surface area contributed by atoms with E-state index in [2.05, 4.69) is 40.2 Å². The Morgan fingerprint density at radius 2 is 2.07 bits per heavy atom. The molecule has 1 aromatic carbocycles. The van der Waals surface area contributed by atoms with Crippen LogP contribution in [0.25, 0.3) is 0 Å². The van der Waals surface area contributed by atoms with E-state index < -0.39 is 0 Å². The number of nitrogens with two attached hydrogens (primary N) is 1. The van der Waals surface area contributed by atoms with Crippen molar-refractivity contribution in [2.24, 2.45) is 11.7 Å². The van der Waals surface area contributed by atoms with Crippen molar-refractivity contribution >= 4 is 15.9 Å². The summed E-state index contributed by atoms with van der Waals surface area (Å²) >= 11 is 3.51. The summed E-state index contributed by atoms with van der Waals surface area (Å²) in [5, 5.41) is 0. The molecule has 0 radical (unpaired) electrons. The highest BCUT2D eigenvalue weighted by atomic mass is 79.9. The third-order valence-electron chi connectivity index (χ3n) is 3.35. The Balaban J connectivity index is 2.01. The molecular weight excluding hydrogens is 250 g/mol. The third kappa shape index (κ3) is 3.05. The quantitative estimate of drug-likeness (QED) is 0.872. The molecule has 2 unspecified atom stereocenters. The fourth-order valence-electron chi connectivity index (χ4n) is 2.46. The van der Waals surface area contributed by atoms with Crippen molar-refractivity contribution in [1.82, 2.24) is 0 Å². The molecule has 1 saturated carbocycles. The lowest BCUT2D eigenvalue weighted by atomic mass is 9.81. The number of benzene rings is 1. The van der Waals surface area contributed by atoms with Gasteiger partial charge in [-0.2, -0.15) is 0 Å². The van der Waals surface area contributed by atoms with Gasteiger partial charge in [-0.05, 0) is 42.9 Å². The van der Waals surface area contributed by atoms with Gasteiger partial charge in [-0.1, -0.05) is 40.9 Å². The van der Waals surface area contributed by atoms with Gasteiger partial charge in [0, 0.05) is 10.5 Å². The molecule has 82 valence electrons. The Morgan fingerprint density at radius 1 is 1.27 bits per heavy atom. The van der Waals surface area contributed by atoms with Gasteiger partial charge in [-0.3, -0.25) is 0 Å². The van der Waals surface area contributed by atoms with Gasteiger partial charge in [0.1, 0.15) is 0 Å². The SMILES string of the molecule is NC1CCCCC1Cc1cccc(Br)c1. The Bertz CT molecular complexity index is 324. The highest BCUT2D eigenvalue weighted by Crippen LogP contribution is 2.26. The van der Waals surface area contributed by atoms with E-state index >= 15 is 0 Å². The average Bonchev–Trinajstić information content (AvgIpc) is 2.22. The van der Waals surface area contributed by atoms with Crippen LogP contribution in [0.3, 0.4) is 0 Å². The lowest BCUT2D eigenvalue weighted by molar-refractivity contribution is 0.306. The van der Waals surface area contributed by atoms with Gasteiger partial charge in [0.2, 0.25) is 0 Å². The first kappa shape index (κ1) is 11.2. The van der Waals surface area contributed by atoms with Gasteiger partial charge in [0.05, 0.1) is 0 Å². The minimum atomic E-state index is 0.415.